The van der Waals surface area contributed by atoms with Crippen molar-refractivity contribution in [1.29, 1.82) is 0 Å². The van der Waals surface area contributed by atoms with Gasteiger partial charge in [0.2, 0.25) is 0 Å². The summed E-state index contributed by atoms with van der Waals surface area (Å²) < 4.78 is 53.9. The van der Waals surface area contributed by atoms with Gasteiger partial charge in [0.25, 0.3) is 11.5 Å². The van der Waals surface area contributed by atoms with E-state index in [1.165, 1.54) is 6.07 Å². The van der Waals surface area contributed by atoms with E-state index in [4.69, 9.17) is 28.0 Å². The number of nitrogens with zero attached hydrogens (tertiary/aromatic N) is 1. The number of benzene rings is 2. The SMILES string of the molecule is Cc1cc(C2=NO[C@@](c3cc(Cl)cc(Cl)c3)(C(F)(F)F)C2)ccc1C(=O)NCC1(C)CS(=O)C1. The van der Waals surface area contributed by atoms with Crippen molar-refractivity contribution in [1.82, 2.24) is 5.32 Å². The van der Waals surface area contributed by atoms with Crippen LogP contribution < -0.4 is 5.32 Å². The maximum absolute atomic E-state index is 14.2. The number of amides is 1. The summed E-state index contributed by atoms with van der Waals surface area (Å²) >= 11 is 11.9. The molecule has 1 N–H and O–H groups in total. The highest BCUT2D eigenvalue weighted by Crippen LogP contribution is 2.49. The first kappa shape index (κ1) is 25.0. The molecule has 1 amide bonds. The Bertz CT molecular complexity index is 1190. The lowest BCUT2D eigenvalue weighted by molar-refractivity contribution is -0.275. The standard InChI is InChI=1S/C23H21Cl2F3N2O3S/c1-13-5-14(3-4-18(13)20(31)29-10-21(2)11-34(32)12-21)19-9-22(33-30-19,23(26,27)28)15-6-16(24)8-17(25)7-15/h3-8H,9-12H2,1-2H3,(H,29,31)/t21?,22-,34?/m0/s1. The van der Waals surface area contributed by atoms with Crippen LogP contribution >= 0.6 is 23.2 Å². The van der Waals surface area contributed by atoms with Crippen molar-refractivity contribution in [3.8, 4) is 0 Å². The van der Waals surface area contributed by atoms with Gasteiger partial charge in [-0.2, -0.15) is 13.2 Å². The quantitative estimate of drug-likeness (QED) is 0.561. The molecule has 5 nitrogen and oxygen atoms in total. The molecule has 2 aromatic rings. The average molecular weight is 533 g/mol. The Labute approximate surface area is 207 Å². The number of halogens is 5. The molecule has 4 rings (SSSR count). The lowest BCUT2D eigenvalue weighted by atomic mass is 9.86. The number of hydrogen-bond donors (Lipinski definition) is 1. The molecule has 182 valence electrons. The molecule has 2 aromatic carbocycles. The Morgan fingerprint density at radius 2 is 1.82 bits per heavy atom. The van der Waals surface area contributed by atoms with E-state index < -0.39 is 29.0 Å². The van der Waals surface area contributed by atoms with Gasteiger partial charge in [0.1, 0.15) is 0 Å². The third-order valence-electron chi connectivity index (χ3n) is 6.01. The van der Waals surface area contributed by atoms with Gasteiger partial charge in [-0.15, -0.1) is 0 Å². The molecule has 34 heavy (non-hydrogen) atoms. The maximum Gasteiger partial charge on any atom is 0.435 e. The molecule has 2 aliphatic heterocycles. The van der Waals surface area contributed by atoms with Crippen LogP contribution in [0.4, 0.5) is 13.2 Å². The third-order valence-corrected chi connectivity index (χ3v) is 8.49. The van der Waals surface area contributed by atoms with Crippen LogP contribution in [0, 0.1) is 12.3 Å². The zero-order valence-corrected chi connectivity index (χ0v) is 20.6. The third kappa shape index (κ3) is 4.70. The van der Waals surface area contributed by atoms with Gasteiger partial charge in [-0.3, -0.25) is 9.00 Å². The van der Waals surface area contributed by atoms with Crippen LogP contribution in [0.15, 0.2) is 41.6 Å². The van der Waals surface area contributed by atoms with Crippen LogP contribution in [0.5, 0.6) is 0 Å². The fourth-order valence-electron chi connectivity index (χ4n) is 4.17. The van der Waals surface area contributed by atoms with Crippen molar-refractivity contribution in [2.24, 2.45) is 10.6 Å². The van der Waals surface area contributed by atoms with Crippen molar-refractivity contribution in [3.05, 3.63) is 68.7 Å². The fourth-order valence-corrected chi connectivity index (χ4v) is 6.37. The van der Waals surface area contributed by atoms with Gasteiger partial charge in [0.15, 0.2) is 0 Å². The van der Waals surface area contributed by atoms with Gasteiger partial charge in [0.05, 0.1) is 5.71 Å². The Balaban J connectivity index is 1.54. The van der Waals surface area contributed by atoms with E-state index in [0.29, 0.717) is 34.7 Å². The molecule has 1 fully saturated rings. The summed E-state index contributed by atoms with van der Waals surface area (Å²) in [4.78, 5) is 17.7. The van der Waals surface area contributed by atoms with Crippen LogP contribution in [0.1, 0.15) is 40.4 Å². The normalized spacial score (nSPS) is 26.4. The monoisotopic (exact) mass is 532 g/mol. The second-order valence-corrected chi connectivity index (χ2v) is 11.4. The second-order valence-electron chi connectivity index (χ2n) is 9.04. The minimum atomic E-state index is -4.79. The Hall–Kier alpha value is -2.10. The highest BCUT2D eigenvalue weighted by molar-refractivity contribution is 7.86. The molecular weight excluding hydrogens is 512 g/mol. The Morgan fingerprint density at radius 1 is 1.18 bits per heavy atom. The van der Waals surface area contributed by atoms with Crippen LogP contribution in [0.25, 0.3) is 0 Å². The van der Waals surface area contributed by atoms with E-state index >= 15 is 0 Å². The zero-order chi connectivity index (χ0) is 24.9. The molecular formula is C23H21Cl2F3N2O3S. The van der Waals surface area contributed by atoms with Crippen LogP contribution in [-0.4, -0.2) is 40.1 Å². The minimum Gasteiger partial charge on any atom is -0.374 e. The predicted molar refractivity (Wildman–Crippen MR) is 126 cm³/mol. The topological polar surface area (TPSA) is 67.8 Å². The molecule has 2 aliphatic rings. The fraction of sp³-hybridized carbons (Fsp3) is 0.391. The van der Waals surface area contributed by atoms with E-state index in [-0.39, 0.29) is 32.6 Å². The molecule has 0 unspecified atom stereocenters. The molecule has 1 saturated heterocycles. The number of hydrogen-bond acceptors (Lipinski definition) is 4. The Kier molecular flexibility index (Phi) is 6.50. The summed E-state index contributed by atoms with van der Waals surface area (Å²) in [5.41, 5.74) is -1.67. The lowest BCUT2D eigenvalue weighted by Gasteiger charge is -2.37. The highest BCUT2D eigenvalue weighted by Gasteiger charge is 2.62. The van der Waals surface area contributed by atoms with Gasteiger partial charge in [0, 0.05) is 61.9 Å². The molecule has 0 bridgehead atoms. The van der Waals surface area contributed by atoms with Crippen molar-refractivity contribution in [2.45, 2.75) is 32.0 Å². The van der Waals surface area contributed by atoms with Gasteiger partial charge in [-0.25, -0.2) is 0 Å². The number of rotatable bonds is 5. The van der Waals surface area contributed by atoms with Crippen molar-refractivity contribution in [2.75, 3.05) is 18.1 Å². The summed E-state index contributed by atoms with van der Waals surface area (Å²) in [6.07, 6.45) is -5.36. The minimum absolute atomic E-state index is 0.0522. The van der Waals surface area contributed by atoms with Crippen molar-refractivity contribution < 1.29 is 27.0 Å². The molecule has 0 spiro atoms. The van der Waals surface area contributed by atoms with Gasteiger partial charge < -0.3 is 10.2 Å². The van der Waals surface area contributed by atoms with Gasteiger partial charge in [-0.05, 0) is 48.4 Å². The summed E-state index contributed by atoms with van der Waals surface area (Å²) in [5.74, 6) is 0.791. The number of carbonyl (C=O) groups excluding carboxylic acids is 1. The predicted octanol–water partition coefficient (Wildman–Crippen LogP) is 5.38. The largest absolute Gasteiger partial charge is 0.435 e. The van der Waals surface area contributed by atoms with E-state index in [2.05, 4.69) is 10.5 Å². The van der Waals surface area contributed by atoms with Crippen molar-refractivity contribution in [3.63, 3.8) is 0 Å². The molecule has 0 saturated carbocycles. The zero-order valence-electron chi connectivity index (χ0n) is 18.3. The molecule has 0 aromatic heterocycles. The highest BCUT2D eigenvalue weighted by atomic mass is 35.5. The second kappa shape index (κ2) is 8.84. The van der Waals surface area contributed by atoms with E-state index in [1.807, 2.05) is 6.92 Å². The van der Waals surface area contributed by atoms with Crippen molar-refractivity contribution >= 4 is 45.6 Å². The first-order valence-electron chi connectivity index (χ1n) is 10.3. The molecule has 1 atom stereocenters. The molecule has 0 aliphatic carbocycles. The van der Waals surface area contributed by atoms with Crippen LogP contribution in [0.3, 0.4) is 0 Å². The van der Waals surface area contributed by atoms with E-state index in [0.717, 1.165) is 12.1 Å². The van der Waals surface area contributed by atoms with Gasteiger partial charge >= 0.3 is 6.18 Å². The molecule has 11 heteroatoms. The number of oxime groups is 1. The van der Waals surface area contributed by atoms with Crippen LogP contribution in [-0.2, 0) is 21.2 Å². The summed E-state index contributed by atoms with van der Waals surface area (Å²) in [7, 11) is -0.830. The van der Waals surface area contributed by atoms with E-state index in [1.54, 1.807) is 25.1 Å². The Morgan fingerprint density at radius 3 is 2.38 bits per heavy atom. The van der Waals surface area contributed by atoms with E-state index in [9.17, 15) is 22.2 Å². The smallest absolute Gasteiger partial charge is 0.374 e. The first-order valence-corrected chi connectivity index (χ1v) is 12.6. The maximum atomic E-state index is 14.2. The summed E-state index contributed by atoms with van der Waals surface area (Å²) in [6.45, 7) is 4.06. The number of nitrogens with one attached hydrogen (secondary N) is 1. The average Bonchev–Trinajstić information content (AvgIpc) is 3.17. The summed E-state index contributed by atoms with van der Waals surface area (Å²) in [5, 5.41) is 6.71. The number of carbonyl (C=O) groups is 1. The van der Waals surface area contributed by atoms with Gasteiger partial charge in [-0.1, -0.05) is 41.3 Å². The van der Waals surface area contributed by atoms with Crippen LogP contribution in [0.2, 0.25) is 10.0 Å². The first-order chi connectivity index (χ1) is 15.8. The molecule has 2 heterocycles. The summed E-state index contributed by atoms with van der Waals surface area (Å²) in [6, 6.07) is 8.36. The number of alkyl halides is 3. The number of aryl methyl sites for hydroxylation is 1. The molecule has 0 radical (unpaired) electrons. The lowest BCUT2D eigenvalue weighted by Crippen LogP contribution is -2.50.